The monoisotopic (exact) mass is 574 g/mol. The molecule has 0 spiro atoms. The van der Waals surface area contributed by atoms with E-state index in [2.05, 4.69) is 20.5 Å². The van der Waals surface area contributed by atoms with Gasteiger partial charge in [-0.3, -0.25) is 19.6 Å². The Morgan fingerprint density at radius 2 is 1.95 bits per heavy atom. The van der Waals surface area contributed by atoms with Crippen molar-refractivity contribution in [2.75, 3.05) is 11.5 Å². The van der Waals surface area contributed by atoms with Crippen LogP contribution in [-0.2, 0) is 14.3 Å². The first-order valence-electron chi connectivity index (χ1n) is 11.9. The summed E-state index contributed by atoms with van der Waals surface area (Å²) in [5.41, 5.74) is 2.98. The van der Waals surface area contributed by atoms with Crippen molar-refractivity contribution in [3.8, 4) is 6.07 Å². The first-order valence-corrected chi connectivity index (χ1v) is 14.4. The maximum atomic E-state index is 13.4. The second kappa shape index (κ2) is 12.3. The number of β-lactam (4-membered cyclic amide) rings is 1. The van der Waals surface area contributed by atoms with Crippen molar-refractivity contribution in [3.05, 3.63) is 101 Å². The van der Waals surface area contributed by atoms with Gasteiger partial charge in [-0.05, 0) is 28.8 Å². The van der Waals surface area contributed by atoms with Crippen molar-refractivity contribution in [1.82, 2.24) is 25.4 Å². The second-order valence-corrected chi connectivity index (χ2v) is 10.8. The number of amides is 2. The fourth-order valence-corrected chi connectivity index (χ4v) is 6.46. The summed E-state index contributed by atoms with van der Waals surface area (Å²) < 4.78 is 6.47. The minimum atomic E-state index is -0.698. The third kappa shape index (κ3) is 5.75. The molecule has 9 nitrogen and oxygen atoms in total. The fourth-order valence-electron chi connectivity index (χ4n) is 4.31. The summed E-state index contributed by atoms with van der Waals surface area (Å²) in [4.78, 5) is 31.7. The van der Waals surface area contributed by atoms with Gasteiger partial charge in [-0.1, -0.05) is 60.7 Å². The van der Waals surface area contributed by atoms with Gasteiger partial charge in [-0.2, -0.15) is 10.4 Å². The molecule has 2 N–H and O–H groups in total. The summed E-state index contributed by atoms with van der Waals surface area (Å²) in [6.45, 7) is 0. The predicted octanol–water partition coefficient (Wildman–Crippen LogP) is 3.82. The molecule has 1 aromatic heterocycles. The zero-order valence-electron chi connectivity index (χ0n) is 20.4. The number of aromatic nitrogens is 3. The Morgan fingerprint density at radius 3 is 2.56 bits per heavy atom. The summed E-state index contributed by atoms with van der Waals surface area (Å²) in [5, 5.41) is 19.6. The van der Waals surface area contributed by atoms with Crippen molar-refractivity contribution < 1.29 is 14.3 Å². The van der Waals surface area contributed by atoms with E-state index < -0.39 is 12.1 Å². The number of nitrogens with one attached hydrogen (secondary N) is 2. The smallest absolute Gasteiger partial charge is 0.253 e. The van der Waals surface area contributed by atoms with Gasteiger partial charge in [-0.15, -0.1) is 23.5 Å². The summed E-state index contributed by atoms with van der Waals surface area (Å²) >= 11 is 8.54. The Morgan fingerprint density at radius 1 is 1.26 bits per heavy atom. The van der Waals surface area contributed by atoms with Crippen molar-refractivity contribution in [2.24, 2.45) is 0 Å². The number of hydrogen-bond donors (Lipinski definition) is 2. The number of carbonyl (C=O) groups excluding carboxylic acids is 2. The number of H-pyrrole nitrogens is 1. The number of nitrogens with zero attached hydrogens (tertiary/aromatic N) is 4. The number of thiocarbonyl (C=S) groups is 1. The van der Waals surface area contributed by atoms with Gasteiger partial charge in [0.2, 0.25) is 11.0 Å². The van der Waals surface area contributed by atoms with E-state index in [1.165, 1.54) is 35.9 Å². The number of carbonyl (C=O) groups is 2. The predicted molar refractivity (Wildman–Crippen MR) is 154 cm³/mol. The molecular formula is C27H22N6O3S3. The van der Waals surface area contributed by atoms with Crippen LogP contribution in [0.25, 0.3) is 5.57 Å². The van der Waals surface area contributed by atoms with Gasteiger partial charge in [0.15, 0.2) is 5.82 Å². The lowest BCUT2D eigenvalue weighted by Gasteiger charge is -2.50. The third-order valence-electron chi connectivity index (χ3n) is 6.06. The molecule has 2 aliphatic rings. The molecule has 0 aliphatic carbocycles. The molecule has 0 saturated carbocycles. The van der Waals surface area contributed by atoms with Crippen LogP contribution in [0.2, 0.25) is 0 Å². The second-order valence-electron chi connectivity index (χ2n) is 8.47. The molecule has 1 saturated heterocycles. The Bertz CT molecular complexity index is 1420. The van der Waals surface area contributed by atoms with Crippen LogP contribution < -0.4 is 5.32 Å². The first kappa shape index (κ1) is 26.7. The van der Waals surface area contributed by atoms with Crippen LogP contribution in [-0.4, -0.2) is 59.9 Å². The average Bonchev–Trinajstić information content (AvgIpc) is 3.52. The van der Waals surface area contributed by atoms with E-state index in [1.54, 1.807) is 10.3 Å². The summed E-state index contributed by atoms with van der Waals surface area (Å²) in [5.74, 6) is 0.504. The molecule has 12 heteroatoms. The van der Waals surface area contributed by atoms with E-state index in [4.69, 9.17) is 22.2 Å². The zero-order chi connectivity index (χ0) is 27.2. The molecule has 0 radical (unpaired) electrons. The number of nitriles is 1. The number of benzene rings is 2. The third-order valence-corrected chi connectivity index (χ3v) is 8.39. The van der Waals surface area contributed by atoms with Crippen molar-refractivity contribution >= 4 is 58.2 Å². The van der Waals surface area contributed by atoms with Crippen LogP contribution in [0, 0.1) is 11.3 Å². The molecule has 0 unspecified atom stereocenters. The quantitative estimate of drug-likeness (QED) is 0.223. The van der Waals surface area contributed by atoms with Crippen LogP contribution >= 0.6 is 35.7 Å². The molecule has 2 amide bonds. The van der Waals surface area contributed by atoms with Crippen molar-refractivity contribution in [2.45, 2.75) is 17.5 Å². The van der Waals surface area contributed by atoms with Crippen LogP contribution in [0.1, 0.15) is 23.1 Å². The summed E-state index contributed by atoms with van der Waals surface area (Å²) in [6, 6.07) is 20.7. The van der Waals surface area contributed by atoms with Gasteiger partial charge in [-0.25, -0.2) is 4.98 Å². The molecule has 3 heterocycles. The standard InChI is InChI=1S/C27H22N6O3S3/c28-12-7-13-38-15-20(34)31-21-25(35)33-22(19(14-39-26(21)33)24-29-16-30-32-24)27(37)36-23(17-8-3-1-4-9-17)18-10-5-2-6-11-18/h1-11,13,16,21,23,26H,14-15H2,(H,31,34)(H,29,30,32)/b13-7-/t21-,26-/m1/s1. The molecular weight excluding hydrogens is 553 g/mol. The minimum Gasteiger partial charge on any atom is -0.469 e. The normalized spacial score (nSPS) is 18.5. The van der Waals surface area contributed by atoms with E-state index in [1.807, 2.05) is 66.7 Å². The lowest BCUT2D eigenvalue weighted by atomic mass is 10.0. The van der Waals surface area contributed by atoms with Crippen molar-refractivity contribution in [3.63, 3.8) is 0 Å². The number of thioether (sulfide) groups is 2. The van der Waals surface area contributed by atoms with Gasteiger partial charge >= 0.3 is 0 Å². The highest BCUT2D eigenvalue weighted by atomic mass is 32.2. The molecule has 0 bridgehead atoms. The van der Waals surface area contributed by atoms with Crippen LogP contribution in [0.4, 0.5) is 0 Å². The van der Waals surface area contributed by atoms with Gasteiger partial charge in [0.1, 0.15) is 29.5 Å². The van der Waals surface area contributed by atoms with Gasteiger partial charge in [0.25, 0.3) is 5.91 Å². The molecule has 196 valence electrons. The largest absolute Gasteiger partial charge is 0.469 e. The Kier molecular flexibility index (Phi) is 8.41. The molecule has 39 heavy (non-hydrogen) atoms. The number of rotatable bonds is 9. The number of allylic oxidation sites excluding steroid dienone is 1. The van der Waals surface area contributed by atoms with Crippen molar-refractivity contribution in [1.29, 1.82) is 5.26 Å². The highest BCUT2D eigenvalue weighted by Crippen LogP contribution is 2.44. The fraction of sp³-hybridized carbons (Fsp3) is 0.185. The SMILES string of the molecule is N#C/C=C\SCC(=O)N[C@@H]1C(=O)N2C(C(=S)OC(c3ccccc3)c3ccccc3)=C(c3ncn[nH]3)CS[C@H]12. The van der Waals surface area contributed by atoms with E-state index in [0.717, 1.165) is 11.1 Å². The Balaban J connectivity index is 1.42. The van der Waals surface area contributed by atoms with E-state index >= 15 is 0 Å². The lowest BCUT2D eigenvalue weighted by Crippen LogP contribution is -2.70. The molecule has 5 rings (SSSR count). The molecule has 2 atom stereocenters. The molecule has 2 aromatic carbocycles. The zero-order valence-corrected chi connectivity index (χ0v) is 22.8. The minimum absolute atomic E-state index is 0.0999. The maximum absolute atomic E-state index is 13.4. The highest BCUT2D eigenvalue weighted by Gasteiger charge is 2.54. The van der Waals surface area contributed by atoms with Crippen LogP contribution in [0.3, 0.4) is 0 Å². The van der Waals surface area contributed by atoms with E-state index in [0.29, 0.717) is 22.8 Å². The van der Waals surface area contributed by atoms with Gasteiger partial charge in [0, 0.05) is 17.4 Å². The molecule has 1 fully saturated rings. The number of fused-ring (bicyclic) bond motifs is 1. The molecule has 2 aliphatic heterocycles. The Labute approximate surface area is 238 Å². The Hall–Kier alpha value is -3.92. The summed E-state index contributed by atoms with van der Waals surface area (Å²) in [7, 11) is 0. The number of aromatic amines is 1. The topological polar surface area (TPSA) is 124 Å². The first-order chi connectivity index (χ1) is 19.1. The van der Waals surface area contributed by atoms with Gasteiger partial charge < -0.3 is 10.1 Å². The highest BCUT2D eigenvalue weighted by molar-refractivity contribution is 8.02. The molecule has 3 aromatic rings. The number of hydrogen-bond acceptors (Lipinski definition) is 9. The maximum Gasteiger partial charge on any atom is 0.253 e. The van der Waals surface area contributed by atoms with Crippen LogP contribution in [0.5, 0.6) is 0 Å². The summed E-state index contributed by atoms with van der Waals surface area (Å²) in [6.07, 6.45) is 2.20. The van der Waals surface area contributed by atoms with Gasteiger partial charge in [0.05, 0.1) is 11.8 Å². The van der Waals surface area contributed by atoms with E-state index in [-0.39, 0.29) is 28.0 Å². The number of ether oxygens (including phenoxy) is 1. The van der Waals surface area contributed by atoms with Crippen LogP contribution in [0.15, 0.2) is 84.2 Å². The lowest BCUT2D eigenvalue weighted by molar-refractivity contribution is -0.145. The van der Waals surface area contributed by atoms with E-state index in [9.17, 15) is 9.59 Å². The average molecular weight is 575 g/mol.